The van der Waals surface area contributed by atoms with Crippen LogP contribution in [-0.4, -0.2) is 65.7 Å². The summed E-state index contributed by atoms with van der Waals surface area (Å²) in [5.74, 6) is -2.08. The number of benzene rings is 3. The molecule has 0 bridgehead atoms. The van der Waals surface area contributed by atoms with E-state index in [1.807, 2.05) is 84.9 Å². The summed E-state index contributed by atoms with van der Waals surface area (Å²) in [6, 6.07) is 26.1. The topological polar surface area (TPSA) is 134 Å². The van der Waals surface area contributed by atoms with Crippen LogP contribution in [0.15, 0.2) is 110 Å². The van der Waals surface area contributed by atoms with Crippen molar-refractivity contribution in [3.63, 3.8) is 0 Å². The van der Waals surface area contributed by atoms with Crippen LogP contribution in [0.3, 0.4) is 0 Å². The third kappa shape index (κ3) is 13.4. The Morgan fingerprint density at radius 2 is 1.47 bits per heavy atom. The van der Waals surface area contributed by atoms with Crippen LogP contribution in [0.25, 0.3) is 0 Å². The molecule has 10 nitrogen and oxygen atoms in total. The van der Waals surface area contributed by atoms with Gasteiger partial charge in [0.2, 0.25) is 11.8 Å². The number of hydrogen-bond donors (Lipinski definition) is 3. The first-order chi connectivity index (χ1) is 25.8. The summed E-state index contributed by atoms with van der Waals surface area (Å²) in [4.78, 5) is 54.6. The number of aliphatic hydroxyl groups is 1. The van der Waals surface area contributed by atoms with Gasteiger partial charge in [-0.2, -0.15) is 0 Å². The van der Waals surface area contributed by atoms with E-state index >= 15 is 0 Å². The molecule has 0 aromatic heterocycles. The maximum Gasteiger partial charge on any atom is 0.407 e. The maximum absolute atomic E-state index is 13.8. The normalized spacial score (nSPS) is 15.2. The number of amides is 3. The van der Waals surface area contributed by atoms with Gasteiger partial charge >= 0.3 is 12.1 Å². The Labute approximate surface area is 313 Å². The number of nitrogens with one attached hydrogen (secondary N) is 2. The van der Waals surface area contributed by atoms with E-state index in [9.17, 15) is 24.3 Å². The van der Waals surface area contributed by atoms with Crippen LogP contribution in [0.4, 0.5) is 4.79 Å². The molecule has 0 aliphatic carbocycles. The molecular formula is C43H53N3O7. The molecule has 3 aromatic carbocycles. The first kappa shape index (κ1) is 40.5. The lowest BCUT2D eigenvalue weighted by Crippen LogP contribution is -2.48. The summed E-state index contributed by atoms with van der Waals surface area (Å²) in [6.45, 7) is 8.31. The average Bonchev–Trinajstić information content (AvgIpc) is 3.18. The van der Waals surface area contributed by atoms with E-state index in [0.29, 0.717) is 51.6 Å². The zero-order valence-corrected chi connectivity index (χ0v) is 30.5. The van der Waals surface area contributed by atoms with Gasteiger partial charge in [0.25, 0.3) is 0 Å². The molecule has 0 unspecified atom stereocenters. The van der Waals surface area contributed by atoms with E-state index in [4.69, 9.17) is 9.47 Å². The third-order valence-electron chi connectivity index (χ3n) is 9.47. The number of carbonyl (C=O) groups excluding carboxylic acids is 4. The van der Waals surface area contributed by atoms with Crippen LogP contribution < -0.4 is 10.6 Å². The van der Waals surface area contributed by atoms with E-state index in [-0.39, 0.29) is 56.5 Å². The first-order valence-corrected chi connectivity index (χ1v) is 18.5. The number of unbranched alkanes of at least 4 members (excludes halogenated alkanes) is 1. The van der Waals surface area contributed by atoms with Gasteiger partial charge in [-0.05, 0) is 67.2 Å². The number of allylic oxidation sites excluding steroid dienone is 2. The second-order valence-electron chi connectivity index (χ2n) is 13.5. The van der Waals surface area contributed by atoms with Crippen LogP contribution >= 0.6 is 0 Å². The van der Waals surface area contributed by atoms with Crippen molar-refractivity contribution < 1.29 is 33.8 Å². The van der Waals surface area contributed by atoms with Crippen molar-refractivity contribution in [2.45, 2.75) is 76.6 Å². The molecule has 10 heteroatoms. The van der Waals surface area contributed by atoms with E-state index in [1.54, 1.807) is 17.1 Å². The fourth-order valence-corrected chi connectivity index (χ4v) is 6.51. The summed E-state index contributed by atoms with van der Waals surface area (Å²) >= 11 is 0. The average molecular weight is 724 g/mol. The fraction of sp³-hybridized carbons (Fsp3) is 0.395. The summed E-state index contributed by atoms with van der Waals surface area (Å²) < 4.78 is 11.1. The van der Waals surface area contributed by atoms with Crippen LogP contribution in [0.5, 0.6) is 0 Å². The number of aliphatic hydroxyl groups excluding tert-OH is 1. The van der Waals surface area contributed by atoms with Gasteiger partial charge in [-0.3, -0.25) is 14.4 Å². The Hall–Kier alpha value is -5.22. The standard InChI is InChI=1S/C43H53N3O7/c1-3-15-35(27-40(48)46-28-37-22-12-11-21-34(37)26-39(46)29-47)41(49)45-38(23-13-14-24-44-43(51)53-30-33-19-9-6-10-20-33)31-52-42(50)36(16-4-2)25-32-17-7-5-8-18-32/h3-12,17-22,35-36,38-39,47H,1-2,13-16,23-31H2,(H,44,51)(H,45,49)/t35-,36-,38+,39+/m1/s1. The van der Waals surface area contributed by atoms with Crippen LogP contribution in [0.1, 0.15) is 60.8 Å². The number of esters is 1. The molecule has 3 amide bonds. The van der Waals surface area contributed by atoms with Gasteiger partial charge in [-0.25, -0.2) is 4.79 Å². The molecule has 0 spiro atoms. The highest BCUT2D eigenvalue weighted by atomic mass is 16.5. The molecule has 0 radical (unpaired) electrons. The van der Waals surface area contributed by atoms with Gasteiger partial charge in [-0.1, -0.05) is 97.1 Å². The van der Waals surface area contributed by atoms with Gasteiger partial charge in [-0.15, -0.1) is 13.2 Å². The minimum absolute atomic E-state index is 0.0518. The fourth-order valence-electron chi connectivity index (χ4n) is 6.51. The number of fused-ring (bicyclic) bond motifs is 1. The number of ether oxygens (including phenoxy) is 2. The Balaban J connectivity index is 1.36. The number of alkyl carbamates (subject to hydrolysis) is 1. The second kappa shape index (κ2) is 22.0. The smallest absolute Gasteiger partial charge is 0.407 e. The molecule has 0 saturated carbocycles. The molecule has 3 aromatic rings. The summed E-state index contributed by atoms with van der Waals surface area (Å²) in [6.07, 6.45) is 6.16. The van der Waals surface area contributed by atoms with Crippen LogP contribution in [-0.2, 0) is 49.9 Å². The molecule has 4 atom stereocenters. The van der Waals surface area contributed by atoms with Crippen molar-refractivity contribution >= 4 is 23.9 Å². The Morgan fingerprint density at radius 1 is 0.830 bits per heavy atom. The van der Waals surface area contributed by atoms with E-state index in [0.717, 1.165) is 22.3 Å². The molecule has 0 saturated heterocycles. The maximum atomic E-state index is 13.8. The highest BCUT2D eigenvalue weighted by molar-refractivity contribution is 5.86. The number of hydrogen-bond acceptors (Lipinski definition) is 7. The van der Waals surface area contributed by atoms with Crippen molar-refractivity contribution in [2.24, 2.45) is 11.8 Å². The molecule has 1 heterocycles. The highest BCUT2D eigenvalue weighted by Crippen LogP contribution is 2.25. The highest BCUT2D eigenvalue weighted by Gasteiger charge is 2.32. The predicted molar refractivity (Wildman–Crippen MR) is 204 cm³/mol. The number of nitrogens with zero attached hydrogens (tertiary/aromatic N) is 1. The van der Waals surface area contributed by atoms with Crippen LogP contribution in [0, 0.1) is 11.8 Å². The molecule has 3 N–H and O–H groups in total. The minimum Gasteiger partial charge on any atom is -0.463 e. The molecular weight excluding hydrogens is 670 g/mol. The van der Waals surface area contributed by atoms with Crippen molar-refractivity contribution in [1.82, 2.24) is 15.5 Å². The summed E-state index contributed by atoms with van der Waals surface area (Å²) in [5.41, 5.74) is 4.03. The monoisotopic (exact) mass is 723 g/mol. The van der Waals surface area contributed by atoms with Gasteiger partial charge in [0.05, 0.1) is 30.5 Å². The zero-order chi connectivity index (χ0) is 37.8. The summed E-state index contributed by atoms with van der Waals surface area (Å²) in [7, 11) is 0. The molecule has 53 heavy (non-hydrogen) atoms. The third-order valence-corrected chi connectivity index (χ3v) is 9.47. The number of carbonyl (C=O) groups is 4. The number of rotatable bonds is 21. The molecule has 4 rings (SSSR count). The lowest BCUT2D eigenvalue weighted by atomic mass is 9.92. The quantitative estimate of drug-likeness (QED) is 0.0690. The van der Waals surface area contributed by atoms with Gasteiger partial charge in [0.1, 0.15) is 13.2 Å². The lowest BCUT2D eigenvalue weighted by Gasteiger charge is -2.36. The zero-order valence-electron chi connectivity index (χ0n) is 30.5. The minimum atomic E-state index is -0.706. The van der Waals surface area contributed by atoms with Crippen molar-refractivity contribution in [2.75, 3.05) is 19.8 Å². The summed E-state index contributed by atoms with van der Waals surface area (Å²) in [5, 5.41) is 15.9. The molecule has 0 fully saturated rings. The van der Waals surface area contributed by atoms with E-state index < -0.39 is 24.0 Å². The van der Waals surface area contributed by atoms with Crippen molar-refractivity contribution in [1.29, 1.82) is 0 Å². The Morgan fingerprint density at radius 3 is 2.15 bits per heavy atom. The van der Waals surface area contributed by atoms with Gasteiger partial charge < -0.3 is 30.1 Å². The van der Waals surface area contributed by atoms with E-state index in [1.165, 1.54) is 0 Å². The largest absolute Gasteiger partial charge is 0.463 e. The Bertz CT molecular complexity index is 1630. The molecule has 1 aliphatic heterocycles. The van der Waals surface area contributed by atoms with Crippen LogP contribution in [0.2, 0.25) is 0 Å². The second-order valence-corrected chi connectivity index (χ2v) is 13.5. The first-order valence-electron chi connectivity index (χ1n) is 18.5. The van der Waals surface area contributed by atoms with Crippen molar-refractivity contribution in [3.05, 3.63) is 132 Å². The van der Waals surface area contributed by atoms with Gasteiger partial charge in [0, 0.05) is 19.5 Å². The predicted octanol–water partition coefficient (Wildman–Crippen LogP) is 6.07. The van der Waals surface area contributed by atoms with E-state index in [2.05, 4.69) is 23.8 Å². The van der Waals surface area contributed by atoms with Gasteiger partial charge in [0.15, 0.2) is 0 Å². The SMILES string of the molecule is C=CC[C@H](CC(=O)N1Cc2ccccc2C[C@H]1CO)C(=O)N[C@@H](CCCCNC(=O)OCc1ccccc1)COC(=O)[C@H](CC=C)Cc1ccccc1. The lowest BCUT2D eigenvalue weighted by molar-refractivity contribution is -0.150. The van der Waals surface area contributed by atoms with Crippen molar-refractivity contribution in [3.8, 4) is 0 Å². The molecule has 282 valence electrons. The Kier molecular flexibility index (Phi) is 16.8. The molecule has 1 aliphatic rings.